The Bertz CT molecular complexity index is 6780. The second-order valence-electron chi connectivity index (χ2n) is 32.8. The summed E-state index contributed by atoms with van der Waals surface area (Å²) in [5, 5.41) is 11.2. The quantitative estimate of drug-likeness (QED) is 0.0653. The van der Waals surface area contributed by atoms with Crippen molar-refractivity contribution in [3.63, 3.8) is 0 Å². The van der Waals surface area contributed by atoms with Gasteiger partial charge in [0, 0.05) is 177 Å². The number of esters is 2. The lowest BCUT2D eigenvalue weighted by molar-refractivity contribution is 0.0514. The topological polar surface area (TPSA) is 301 Å². The first-order valence-electron chi connectivity index (χ1n) is 43.2. The van der Waals surface area contributed by atoms with Gasteiger partial charge in [0.1, 0.15) is 11.1 Å². The molecule has 692 valence electrons. The van der Waals surface area contributed by atoms with Crippen LogP contribution in [0.5, 0.6) is 0 Å². The van der Waals surface area contributed by atoms with Crippen LogP contribution in [0.15, 0.2) is 196 Å². The summed E-state index contributed by atoms with van der Waals surface area (Å²) in [6, 6.07) is 44.8. The minimum Gasteiger partial charge on any atom is -0.462 e. The van der Waals surface area contributed by atoms with E-state index in [4.69, 9.17) is 44.3 Å². The Morgan fingerprint density at radius 2 is 0.870 bits per heavy atom. The Hall–Kier alpha value is -11.2. The van der Waals surface area contributed by atoms with Crippen molar-refractivity contribution in [1.82, 2.24) is 48.1 Å². The number of ether oxygens (including phenoxy) is 2. The van der Waals surface area contributed by atoms with Crippen molar-refractivity contribution in [2.24, 2.45) is 14.1 Å². The van der Waals surface area contributed by atoms with Crippen LogP contribution in [0.4, 0.5) is 22.7 Å². The molecule has 0 saturated carbocycles. The molecule has 6 aromatic heterocycles. The highest BCUT2D eigenvalue weighted by Crippen LogP contribution is 2.39. The van der Waals surface area contributed by atoms with Crippen molar-refractivity contribution < 1.29 is 50.3 Å². The number of sulfone groups is 2. The molecule has 16 rings (SSSR count). The monoisotopic (exact) mass is 1920 g/mol. The average molecular weight is 1920 g/mol. The summed E-state index contributed by atoms with van der Waals surface area (Å²) < 4.78 is 69.0. The molecular formula is C95H107Cl3N14O15S4. The van der Waals surface area contributed by atoms with Crippen molar-refractivity contribution in [1.29, 1.82) is 0 Å². The highest BCUT2D eigenvalue weighted by atomic mass is 35.5. The zero-order valence-electron chi connectivity index (χ0n) is 75.1. The van der Waals surface area contributed by atoms with Crippen LogP contribution in [-0.2, 0) is 56.3 Å². The number of amides is 3. The lowest BCUT2D eigenvalue weighted by atomic mass is 10.0. The lowest BCUT2D eigenvalue weighted by Gasteiger charge is -2.37. The Kier molecular flexibility index (Phi) is 31.6. The molecule has 131 heavy (non-hydrogen) atoms. The number of carbonyl (C=O) groups is 5. The Morgan fingerprint density at radius 1 is 0.435 bits per heavy atom. The van der Waals surface area contributed by atoms with Gasteiger partial charge in [0.15, 0.2) is 19.6 Å². The number of fused-ring (bicyclic) bond motifs is 4. The number of nitrogens with zero attached hydrogens (tertiary/aromatic N) is 13. The maximum atomic E-state index is 13.9. The van der Waals surface area contributed by atoms with Gasteiger partial charge in [-0.25, -0.2) is 26.4 Å². The molecule has 4 aliphatic heterocycles. The number of halogens is 3. The number of piperazine rings is 4. The van der Waals surface area contributed by atoms with Crippen LogP contribution in [0.25, 0.3) is 43.6 Å². The third kappa shape index (κ3) is 21.4. The molecule has 0 atom stereocenters. The molecule has 0 bridgehead atoms. The summed E-state index contributed by atoms with van der Waals surface area (Å²) in [6.07, 6.45) is 1.83. The number of para-hydroxylation sites is 2. The minimum atomic E-state index is -4.10. The number of rotatable bonds is 21. The summed E-state index contributed by atoms with van der Waals surface area (Å²) in [6.45, 7) is 18.3. The van der Waals surface area contributed by atoms with Crippen molar-refractivity contribution in [3.8, 4) is 0 Å². The van der Waals surface area contributed by atoms with Crippen LogP contribution in [0, 0.1) is 13.8 Å². The molecule has 12 aromatic rings. The molecule has 1 N–H and O–H groups in total. The standard InChI is InChI=1S/C28H31Cl3N4O4.C26H32N4O4S.C26H25N3O4S2.C15H19N3O3S/c1-4-39-28(38)24-25(20-17-19(29)7-9-23(20)35(27(24)37)11-5-10-32(2)3)33-12-14-34(15-13-33)26(36)18-6-8-21(30)22(31)16-18;1-5-34-26(33)22-23(28-11-13-29(14-12-28)24(31)21-7-6-16-35-21)19-17-18(2)8-9-20(19)30(25(22)32)15-10-27(3)4;1-18-9-11-19(12-10-18)35(32,33)24-23(20-6-3-4-7-21(20)27(2)26(24)31)28-13-15-29(16-14-28)25(30)22-8-5-17-34-22;1-17-12-6-4-3-5-11(12)13(18-9-7-16-8-10-18)14(15(17)19)22(2,20)21/h6-9,16-17H,4-5,10-15H2,1-3H3;6-9,16-17H,5,10-15H2,1-4H3;3-12,17H,13-16H2,1-2H3;3-6,16H,7-10H2,1-2H3. The SMILES string of the molecule is CCOC(=O)c1c(N2CCN(C(=O)c3ccc(Cl)c(Cl)c3)CC2)c2cc(Cl)ccc2n(CCCN(C)C)c1=O.CCOC(=O)c1c(N2CCN(C(=O)c3cccs3)CC2)c2cc(C)ccc2n(CCN(C)C)c1=O.Cc1ccc(S(=O)(=O)c2c(N3CCN(C(=O)c4cccs4)CC3)c3ccccc3n(C)c2=O)cc1.Cn1c(=O)c(S(C)(=O)=O)c(N2CCNCC2)c2ccccc21. The van der Waals surface area contributed by atoms with Crippen molar-refractivity contribution >= 4 is 173 Å². The predicted octanol–water partition coefficient (Wildman–Crippen LogP) is 12.2. The lowest BCUT2D eigenvalue weighted by Crippen LogP contribution is -2.49. The summed E-state index contributed by atoms with van der Waals surface area (Å²) in [5.41, 5.74) is 5.66. The van der Waals surface area contributed by atoms with Crippen molar-refractivity contribution in [2.45, 2.75) is 61.9 Å². The van der Waals surface area contributed by atoms with E-state index >= 15 is 0 Å². The molecule has 0 spiro atoms. The van der Waals surface area contributed by atoms with Crippen LogP contribution >= 0.6 is 57.5 Å². The fourth-order valence-electron chi connectivity index (χ4n) is 16.8. The number of likely N-dealkylation sites (N-methyl/N-ethyl adjacent to an activating group) is 1. The third-order valence-electron chi connectivity index (χ3n) is 23.5. The van der Waals surface area contributed by atoms with Gasteiger partial charge in [0.2, 0.25) is 9.84 Å². The number of hydrogen-bond acceptors (Lipinski definition) is 24. The van der Waals surface area contributed by atoms with Gasteiger partial charge in [-0.3, -0.25) is 33.6 Å². The highest BCUT2D eigenvalue weighted by molar-refractivity contribution is 7.91. The molecule has 4 saturated heterocycles. The largest absolute Gasteiger partial charge is 0.462 e. The first-order valence-corrected chi connectivity index (χ1v) is 49.4. The smallest absolute Gasteiger partial charge is 0.345 e. The maximum Gasteiger partial charge on any atom is 0.345 e. The minimum absolute atomic E-state index is 0.0132. The highest BCUT2D eigenvalue weighted by Gasteiger charge is 2.37. The van der Waals surface area contributed by atoms with Crippen molar-refractivity contribution in [3.05, 3.63) is 256 Å². The van der Waals surface area contributed by atoms with Gasteiger partial charge in [0.25, 0.3) is 40.0 Å². The summed E-state index contributed by atoms with van der Waals surface area (Å²) in [4.78, 5) is 137. The molecule has 0 aliphatic carbocycles. The summed E-state index contributed by atoms with van der Waals surface area (Å²) in [7, 11) is 3.34. The van der Waals surface area contributed by atoms with Gasteiger partial charge in [-0.15, -0.1) is 22.7 Å². The third-order valence-corrected chi connectivity index (χ3v) is 29.1. The Balaban J connectivity index is 0.000000151. The fraction of sp³-hybridized carbons (Fsp3) is 0.358. The van der Waals surface area contributed by atoms with Crippen LogP contribution < -0.4 is 47.2 Å². The second kappa shape index (κ2) is 42.5. The normalized spacial score (nSPS) is 14.5. The average Bonchev–Trinajstić information content (AvgIpc) is 0.781. The number of nitrogens with one attached hydrogen (secondary N) is 1. The number of hydrogen-bond donors (Lipinski definition) is 1. The van der Waals surface area contributed by atoms with E-state index in [-0.39, 0.29) is 62.3 Å². The summed E-state index contributed by atoms with van der Waals surface area (Å²) >= 11 is 21.4. The molecule has 4 fully saturated rings. The van der Waals surface area contributed by atoms with Gasteiger partial charge in [-0.2, -0.15) is 0 Å². The number of pyridine rings is 4. The molecule has 36 heteroatoms. The fourth-order valence-corrected chi connectivity index (χ4v) is 21.3. The maximum absolute atomic E-state index is 13.9. The van der Waals surface area contributed by atoms with E-state index < -0.39 is 48.3 Å². The van der Waals surface area contributed by atoms with E-state index in [2.05, 4.69) is 10.2 Å². The molecule has 29 nitrogen and oxygen atoms in total. The van der Waals surface area contributed by atoms with Gasteiger partial charge >= 0.3 is 11.9 Å². The number of aryl methyl sites for hydroxylation is 5. The van der Waals surface area contributed by atoms with E-state index in [1.54, 1.807) is 108 Å². The number of aromatic nitrogens is 4. The number of benzene rings is 6. The van der Waals surface area contributed by atoms with E-state index in [1.807, 2.05) is 173 Å². The van der Waals surface area contributed by atoms with E-state index in [9.17, 15) is 60.0 Å². The Labute approximate surface area is 783 Å². The molecule has 4 aliphatic rings. The molecule has 0 unspecified atom stereocenters. The predicted molar refractivity (Wildman–Crippen MR) is 522 cm³/mol. The van der Waals surface area contributed by atoms with E-state index in [1.165, 1.54) is 31.8 Å². The zero-order chi connectivity index (χ0) is 94.0. The molecular weight excluding hydrogens is 1810 g/mol. The number of carbonyl (C=O) groups excluding carboxylic acids is 5. The van der Waals surface area contributed by atoms with Crippen LogP contribution in [0.3, 0.4) is 0 Å². The number of thiophene rings is 2. The number of anilines is 4. The Morgan fingerprint density at radius 3 is 1.34 bits per heavy atom. The van der Waals surface area contributed by atoms with Crippen LogP contribution in [0.1, 0.15) is 81.8 Å². The van der Waals surface area contributed by atoms with Gasteiger partial charge in [-0.1, -0.05) is 113 Å². The van der Waals surface area contributed by atoms with Gasteiger partial charge in [-0.05, 0) is 165 Å². The summed E-state index contributed by atoms with van der Waals surface area (Å²) in [5.74, 6) is -1.45. The van der Waals surface area contributed by atoms with Crippen LogP contribution in [-0.4, -0.2) is 255 Å². The molecule has 6 aromatic carbocycles. The first-order chi connectivity index (χ1) is 62.6. The van der Waals surface area contributed by atoms with E-state index in [0.717, 1.165) is 70.1 Å². The molecule has 0 radical (unpaired) electrons. The molecule has 10 heterocycles. The van der Waals surface area contributed by atoms with Gasteiger partial charge < -0.3 is 77.2 Å². The molecule has 3 amide bonds. The second-order valence-corrected chi connectivity index (χ2v) is 39.8. The van der Waals surface area contributed by atoms with Gasteiger partial charge in [0.05, 0.1) is 82.7 Å². The van der Waals surface area contributed by atoms with Crippen LogP contribution in [0.2, 0.25) is 15.1 Å². The zero-order valence-corrected chi connectivity index (χ0v) is 80.6. The van der Waals surface area contributed by atoms with E-state index in [0.29, 0.717) is 181 Å². The first kappa shape index (κ1) is 97.3. The van der Waals surface area contributed by atoms with Crippen molar-refractivity contribution in [2.75, 3.05) is 185 Å².